The summed E-state index contributed by atoms with van der Waals surface area (Å²) >= 11 is 0. The average Bonchev–Trinajstić information content (AvgIpc) is 2.82. The summed E-state index contributed by atoms with van der Waals surface area (Å²) in [7, 11) is 1.43. The summed E-state index contributed by atoms with van der Waals surface area (Å²) in [5.41, 5.74) is -0.866. The van der Waals surface area contributed by atoms with E-state index in [0.717, 1.165) is 6.07 Å². The number of Topliss-reactive ketones (excluding diaryl/α,β-unsaturated/α-hetero) is 1. The van der Waals surface area contributed by atoms with E-state index in [4.69, 9.17) is 4.74 Å². The van der Waals surface area contributed by atoms with Gasteiger partial charge in [0.2, 0.25) is 11.7 Å². The van der Waals surface area contributed by atoms with Crippen LogP contribution in [0.3, 0.4) is 0 Å². The number of halogens is 3. The fourth-order valence-corrected chi connectivity index (χ4v) is 2.57. The maximum absolute atomic E-state index is 12.9. The topological polar surface area (TPSA) is 75.7 Å². The molecule has 0 radical (unpaired) electrons. The molecule has 1 fully saturated rings. The van der Waals surface area contributed by atoms with Crippen molar-refractivity contribution >= 4 is 17.6 Å². The Kier molecular flexibility index (Phi) is 5.89. The van der Waals surface area contributed by atoms with E-state index in [-0.39, 0.29) is 25.3 Å². The molecule has 2 amide bonds. The summed E-state index contributed by atoms with van der Waals surface area (Å²) in [6.45, 7) is 1.61. The zero-order valence-electron chi connectivity index (χ0n) is 14.3. The largest absolute Gasteiger partial charge is 0.493 e. The van der Waals surface area contributed by atoms with E-state index in [1.54, 1.807) is 6.92 Å². The highest BCUT2D eigenvalue weighted by atomic mass is 19.4. The van der Waals surface area contributed by atoms with Crippen LogP contribution in [-0.4, -0.2) is 48.7 Å². The first-order valence-electron chi connectivity index (χ1n) is 8.00. The van der Waals surface area contributed by atoms with Gasteiger partial charge in [-0.25, -0.2) is 0 Å². The van der Waals surface area contributed by atoms with Crippen LogP contribution in [0.2, 0.25) is 0 Å². The van der Waals surface area contributed by atoms with E-state index in [0.29, 0.717) is 0 Å². The molecule has 1 aromatic carbocycles. The third kappa shape index (κ3) is 4.53. The van der Waals surface area contributed by atoms with Crippen LogP contribution in [0.5, 0.6) is 5.75 Å². The zero-order valence-corrected chi connectivity index (χ0v) is 14.3. The van der Waals surface area contributed by atoms with Gasteiger partial charge in [0.15, 0.2) is 0 Å². The van der Waals surface area contributed by atoms with Crippen molar-refractivity contribution < 1.29 is 32.3 Å². The number of hydrogen-bond donors (Lipinski definition) is 1. The number of carbonyl (C=O) groups is 3. The highest BCUT2D eigenvalue weighted by Gasteiger charge is 2.41. The number of para-hydroxylation sites is 1. The summed E-state index contributed by atoms with van der Waals surface area (Å²) < 4.78 is 43.8. The number of likely N-dealkylation sites (tertiary alicyclic amines) is 1. The number of nitrogens with one attached hydrogen (secondary N) is 1. The van der Waals surface area contributed by atoms with Crippen molar-refractivity contribution in [1.29, 1.82) is 0 Å². The van der Waals surface area contributed by atoms with E-state index in [9.17, 15) is 27.6 Å². The molecule has 6 nitrogen and oxygen atoms in total. The fourth-order valence-electron chi connectivity index (χ4n) is 2.57. The number of rotatable bonds is 6. The highest BCUT2D eigenvalue weighted by molar-refractivity contribution is 6.42. The summed E-state index contributed by atoms with van der Waals surface area (Å²) in [4.78, 5) is 36.4. The minimum atomic E-state index is -4.52. The van der Waals surface area contributed by atoms with Gasteiger partial charge in [-0.3, -0.25) is 14.4 Å². The lowest BCUT2D eigenvalue weighted by molar-refractivity contribution is -0.142. The van der Waals surface area contributed by atoms with Gasteiger partial charge >= 0.3 is 6.18 Å². The van der Waals surface area contributed by atoms with Crippen molar-refractivity contribution in [2.45, 2.75) is 25.6 Å². The first kappa shape index (κ1) is 19.7. The van der Waals surface area contributed by atoms with Crippen molar-refractivity contribution in [2.75, 3.05) is 20.2 Å². The molecule has 0 aromatic heterocycles. The molecular weight excluding hydrogens is 353 g/mol. The molecule has 1 unspecified atom stereocenters. The van der Waals surface area contributed by atoms with Gasteiger partial charge in [-0.05, 0) is 19.1 Å². The number of ether oxygens (including phenoxy) is 1. The predicted molar refractivity (Wildman–Crippen MR) is 85.3 cm³/mol. The minimum Gasteiger partial charge on any atom is -0.493 e. The van der Waals surface area contributed by atoms with Crippen LogP contribution in [0.4, 0.5) is 13.2 Å². The van der Waals surface area contributed by atoms with Crippen molar-refractivity contribution in [3.05, 3.63) is 29.8 Å². The van der Waals surface area contributed by atoms with Crippen LogP contribution in [-0.2, 0) is 20.6 Å². The molecule has 0 bridgehead atoms. The monoisotopic (exact) mass is 372 g/mol. The number of amides is 2. The maximum atomic E-state index is 12.9. The van der Waals surface area contributed by atoms with Gasteiger partial charge in [-0.1, -0.05) is 12.1 Å². The van der Waals surface area contributed by atoms with Gasteiger partial charge in [-0.2, -0.15) is 13.2 Å². The number of benzene rings is 1. The summed E-state index contributed by atoms with van der Waals surface area (Å²) in [6.07, 6.45) is -4.28. The van der Waals surface area contributed by atoms with Crippen LogP contribution in [0.25, 0.3) is 0 Å². The summed E-state index contributed by atoms with van der Waals surface area (Å²) in [5, 5.41) is 2.58. The second-order valence-electron chi connectivity index (χ2n) is 6.14. The Morgan fingerprint density at radius 2 is 2.00 bits per heavy atom. The molecule has 2 atom stereocenters. The molecular formula is C17H19F3N2O4. The lowest BCUT2D eigenvalue weighted by Gasteiger charge is -2.18. The molecule has 1 saturated heterocycles. The Hall–Kier alpha value is -2.58. The Morgan fingerprint density at radius 1 is 1.35 bits per heavy atom. The number of nitrogens with zero attached hydrogens (tertiary/aromatic N) is 1. The summed E-state index contributed by atoms with van der Waals surface area (Å²) in [5.74, 6) is -3.37. The molecule has 1 N–H and O–H groups in total. The van der Waals surface area contributed by atoms with E-state index >= 15 is 0 Å². The number of likely N-dealkylation sites (N-methyl/N-ethyl adjacent to an activating group) is 1. The van der Waals surface area contributed by atoms with Gasteiger partial charge in [0.25, 0.3) is 5.91 Å². The smallest absolute Gasteiger partial charge is 0.419 e. The second kappa shape index (κ2) is 7.76. The standard InChI is InChI=1S/C17H19F3N2O4/c1-10(21-15(24)11-9-22(2)16(25)14(11)23)7-8-26-13-6-4-3-5-12(13)17(18,19)20/h3-6,10-11H,7-9H2,1-2H3,(H,21,24)/t10-,11?/m1/s1. The SMILES string of the molecule is C[C@H](CCOc1ccccc1C(F)(F)F)NC(=O)C1CN(C)C(=O)C1=O. The number of hydrogen-bond acceptors (Lipinski definition) is 4. The minimum absolute atomic E-state index is 0.0195. The van der Waals surface area contributed by atoms with Crippen LogP contribution < -0.4 is 10.1 Å². The van der Waals surface area contributed by atoms with Gasteiger partial charge in [0, 0.05) is 26.1 Å². The maximum Gasteiger partial charge on any atom is 0.419 e. The van der Waals surface area contributed by atoms with E-state index in [1.165, 1.54) is 30.1 Å². The molecule has 0 aliphatic carbocycles. The molecule has 2 rings (SSSR count). The van der Waals surface area contributed by atoms with Gasteiger partial charge in [-0.15, -0.1) is 0 Å². The van der Waals surface area contributed by atoms with E-state index in [2.05, 4.69) is 5.32 Å². The molecule has 0 spiro atoms. The third-order valence-corrected chi connectivity index (χ3v) is 4.04. The molecule has 1 aliphatic heterocycles. The fraction of sp³-hybridized carbons (Fsp3) is 0.471. The Morgan fingerprint density at radius 3 is 2.58 bits per heavy atom. The van der Waals surface area contributed by atoms with Crippen molar-refractivity contribution in [3.63, 3.8) is 0 Å². The highest BCUT2D eigenvalue weighted by Crippen LogP contribution is 2.35. The first-order valence-corrected chi connectivity index (χ1v) is 8.00. The normalized spacial score (nSPS) is 18.8. The van der Waals surface area contributed by atoms with Crippen LogP contribution >= 0.6 is 0 Å². The van der Waals surface area contributed by atoms with Gasteiger partial charge < -0.3 is 15.0 Å². The molecule has 1 aromatic rings. The Balaban J connectivity index is 1.85. The second-order valence-corrected chi connectivity index (χ2v) is 6.14. The Labute approximate surface area is 148 Å². The molecule has 142 valence electrons. The van der Waals surface area contributed by atoms with Crippen molar-refractivity contribution in [2.24, 2.45) is 5.92 Å². The lowest BCUT2D eigenvalue weighted by atomic mass is 10.1. The number of alkyl halides is 3. The molecule has 26 heavy (non-hydrogen) atoms. The van der Waals surface area contributed by atoms with Crippen LogP contribution in [0, 0.1) is 5.92 Å². The predicted octanol–water partition coefficient (Wildman–Crippen LogP) is 1.64. The van der Waals surface area contributed by atoms with Crippen LogP contribution in [0.1, 0.15) is 18.9 Å². The third-order valence-electron chi connectivity index (χ3n) is 4.04. The van der Waals surface area contributed by atoms with Gasteiger partial charge in [0.05, 0.1) is 12.2 Å². The van der Waals surface area contributed by atoms with E-state index in [1.807, 2.05) is 0 Å². The van der Waals surface area contributed by atoms with Crippen molar-refractivity contribution in [1.82, 2.24) is 10.2 Å². The molecule has 1 heterocycles. The molecule has 9 heteroatoms. The Bertz CT molecular complexity index is 705. The quantitative estimate of drug-likeness (QED) is 0.608. The van der Waals surface area contributed by atoms with Crippen molar-refractivity contribution in [3.8, 4) is 5.75 Å². The lowest BCUT2D eigenvalue weighted by Crippen LogP contribution is -2.41. The molecule has 0 saturated carbocycles. The zero-order chi connectivity index (χ0) is 19.5. The molecule has 1 aliphatic rings. The van der Waals surface area contributed by atoms with E-state index < -0.39 is 41.3 Å². The first-order chi connectivity index (χ1) is 12.1. The van der Waals surface area contributed by atoms with Crippen LogP contribution in [0.15, 0.2) is 24.3 Å². The van der Waals surface area contributed by atoms with Gasteiger partial charge in [0.1, 0.15) is 11.7 Å². The number of ketones is 1. The average molecular weight is 372 g/mol. The summed E-state index contributed by atoms with van der Waals surface area (Å²) in [6, 6.07) is 4.43. The number of carbonyl (C=O) groups excluding carboxylic acids is 3.